The van der Waals surface area contributed by atoms with Crippen LogP contribution < -0.4 is 5.32 Å². The van der Waals surface area contributed by atoms with Crippen molar-refractivity contribution in [3.8, 4) is 0 Å². The maximum Gasteiger partial charge on any atom is 0.270 e. The molecular weight excluding hydrogens is 290 g/mol. The molecule has 1 aliphatic heterocycles. The predicted octanol–water partition coefficient (Wildman–Crippen LogP) is 1.69. The lowest BCUT2D eigenvalue weighted by Gasteiger charge is -2.32. The predicted molar refractivity (Wildman–Crippen MR) is 88.1 cm³/mol. The Labute approximate surface area is 135 Å². The fraction of sp³-hybridized carbons (Fsp3) is 0.333. The number of hydrogen-bond donors (Lipinski definition) is 1. The van der Waals surface area contributed by atoms with Gasteiger partial charge in [-0.1, -0.05) is 30.3 Å². The van der Waals surface area contributed by atoms with Crippen molar-refractivity contribution in [1.82, 2.24) is 14.8 Å². The van der Waals surface area contributed by atoms with Gasteiger partial charge in [0, 0.05) is 19.8 Å². The fourth-order valence-electron chi connectivity index (χ4n) is 2.92. The van der Waals surface area contributed by atoms with Crippen LogP contribution in [0.2, 0.25) is 0 Å². The van der Waals surface area contributed by atoms with Crippen molar-refractivity contribution in [2.24, 2.45) is 0 Å². The molecular formula is C18H21N3O2. The summed E-state index contributed by atoms with van der Waals surface area (Å²) in [5.41, 5.74) is 1.91. The topological polar surface area (TPSA) is 54.3 Å². The van der Waals surface area contributed by atoms with Gasteiger partial charge in [-0.05, 0) is 30.5 Å². The summed E-state index contributed by atoms with van der Waals surface area (Å²) in [6, 6.07) is 13.4. The Morgan fingerprint density at radius 2 is 2.00 bits per heavy atom. The summed E-state index contributed by atoms with van der Waals surface area (Å²) in [5.74, 6) is -0.195. The molecule has 0 radical (unpaired) electrons. The largest absolute Gasteiger partial charge is 0.354 e. The van der Waals surface area contributed by atoms with Gasteiger partial charge in [0.25, 0.3) is 5.91 Å². The zero-order chi connectivity index (χ0) is 16.2. The molecule has 0 fully saturated rings. The van der Waals surface area contributed by atoms with Gasteiger partial charge in [-0.15, -0.1) is 0 Å². The first-order chi connectivity index (χ1) is 11.2. The lowest BCUT2D eigenvalue weighted by Crippen LogP contribution is -2.53. The van der Waals surface area contributed by atoms with E-state index in [1.54, 1.807) is 13.1 Å². The number of benzene rings is 1. The molecule has 2 amide bonds. The Kier molecular flexibility index (Phi) is 4.46. The van der Waals surface area contributed by atoms with Crippen molar-refractivity contribution in [1.29, 1.82) is 0 Å². The number of nitrogens with one attached hydrogen (secondary N) is 1. The lowest BCUT2D eigenvalue weighted by atomic mass is 10.1. The van der Waals surface area contributed by atoms with E-state index >= 15 is 0 Å². The molecule has 120 valence electrons. The molecule has 0 saturated heterocycles. The minimum absolute atomic E-state index is 0.0896. The molecule has 1 aromatic heterocycles. The lowest BCUT2D eigenvalue weighted by molar-refractivity contribution is -0.126. The van der Waals surface area contributed by atoms with Crippen LogP contribution >= 0.6 is 0 Å². The third kappa shape index (κ3) is 3.28. The van der Waals surface area contributed by atoms with Gasteiger partial charge in [-0.3, -0.25) is 9.59 Å². The number of carbonyl (C=O) groups is 2. The van der Waals surface area contributed by atoms with E-state index in [0.29, 0.717) is 18.8 Å². The second kappa shape index (κ2) is 6.69. The average Bonchev–Trinajstić information content (AvgIpc) is 3.04. The summed E-state index contributed by atoms with van der Waals surface area (Å²) >= 11 is 0. The third-order valence-corrected chi connectivity index (χ3v) is 4.29. The zero-order valence-corrected chi connectivity index (χ0v) is 13.2. The van der Waals surface area contributed by atoms with Crippen molar-refractivity contribution in [3.05, 3.63) is 59.9 Å². The van der Waals surface area contributed by atoms with Crippen LogP contribution in [0.1, 0.15) is 22.5 Å². The van der Waals surface area contributed by atoms with E-state index in [2.05, 4.69) is 17.4 Å². The Morgan fingerprint density at radius 3 is 2.78 bits per heavy atom. The molecule has 2 aromatic rings. The monoisotopic (exact) mass is 311 g/mol. The van der Waals surface area contributed by atoms with Crippen LogP contribution in [0.25, 0.3) is 0 Å². The van der Waals surface area contributed by atoms with Crippen molar-refractivity contribution < 1.29 is 9.59 Å². The quantitative estimate of drug-likeness (QED) is 0.854. The highest BCUT2D eigenvalue weighted by molar-refractivity contribution is 5.97. The summed E-state index contributed by atoms with van der Waals surface area (Å²) in [6.07, 6.45) is 3.66. The van der Waals surface area contributed by atoms with Gasteiger partial charge < -0.3 is 14.8 Å². The third-order valence-electron chi connectivity index (χ3n) is 4.29. The number of amides is 2. The summed E-state index contributed by atoms with van der Waals surface area (Å²) in [7, 11) is 1.69. The molecule has 5 nitrogen and oxygen atoms in total. The van der Waals surface area contributed by atoms with E-state index in [4.69, 9.17) is 0 Å². The Morgan fingerprint density at radius 1 is 1.22 bits per heavy atom. The average molecular weight is 311 g/mol. The molecule has 23 heavy (non-hydrogen) atoms. The van der Waals surface area contributed by atoms with Gasteiger partial charge in [0.1, 0.15) is 11.7 Å². The van der Waals surface area contributed by atoms with Crippen LogP contribution in [-0.2, 0) is 17.8 Å². The summed E-state index contributed by atoms with van der Waals surface area (Å²) in [4.78, 5) is 26.1. The Balaban J connectivity index is 1.52. The van der Waals surface area contributed by atoms with Crippen LogP contribution in [0.3, 0.4) is 0 Å². The number of fused-ring (bicyclic) bond motifs is 1. The number of rotatable bonds is 5. The van der Waals surface area contributed by atoms with Crippen LogP contribution in [0.4, 0.5) is 0 Å². The first kappa shape index (κ1) is 15.3. The normalized spacial score (nSPS) is 17.0. The van der Waals surface area contributed by atoms with E-state index in [-0.39, 0.29) is 11.8 Å². The fourth-order valence-corrected chi connectivity index (χ4v) is 2.92. The molecule has 3 rings (SSSR count). The standard InChI is InChI=1S/C18H21N3O2/c1-20-16(13-21-12-6-10-15(21)18(20)23)17(22)19-11-5-9-14-7-3-2-4-8-14/h2-4,6-8,10,12,16H,5,9,11,13H2,1H3,(H,19,22). The number of hydrogen-bond acceptors (Lipinski definition) is 2. The molecule has 1 N–H and O–H groups in total. The number of likely N-dealkylation sites (N-methyl/N-ethyl adjacent to an activating group) is 1. The maximum atomic E-state index is 12.4. The second-order valence-corrected chi connectivity index (χ2v) is 5.86. The van der Waals surface area contributed by atoms with Crippen LogP contribution in [-0.4, -0.2) is 40.9 Å². The number of aromatic nitrogens is 1. The number of nitrogens with zero attached hydrogens (tertiary/aromatic N) is 2. The van der Waals surface area contributed by atoms with Crippen molar-refractivity contribution >= 4 is 11.8 Å². The molecule has 1 aliphatic rings. The van der Waals surface area contributed by atoms with Gasteiger partial charge in [0.05, 0.1) is 6.54 Å². The molecule has 0 saturated carbocycles. The summed E-state index contributed by atoms with van der Waals surface area (Å²) in [5, 5.41) is 2.95. The Bertz CT molecular complexity index is 693. The van der Waals surface area contributed by atoms with Gasteiger partial charge in [-0.2, -0.15) is 0 Å². The van der Waals surface area contributed by atoms with Crippen molar-refractivity contribution in [2.45, 2.75) is 25.4 Å². The van der Waals surface area contributed by atoms with Crippen molar-refractivity contribution in [2.75, 3.05) is 13.6 Å². The zero-order valence-electron chi connectivity index (χ0n) is 13.2. The van der Waals surface area contributed by atoms with Gasteiger partial charge in [0.2, 0.25) is 5.91 Å². The minimum atomic E-state index is -0.445. The SMILES string of the molecule is CN1C(=O)c2cccn2CC1C(=O)NCCCc1ccccc1. The van der Waals surface area contributed by atoms with Crippen LogP contribution in [0, 0.1) is 0 Å². The van der Waals surface area contributed by atoms with E-state index in [0.717, 1.165) is 12.8 Å². The van der Waals surface area contributed by atoms with E-state index in [9.17, 15) is 9.59 Å². The molecule has 0 aliphatic carbocycles. The molecule has 1 atom stereocenters. The highest BCUT2D eigenvalue weighted by atomic mass is 16.2. The van der Waals surface area contributed by atoms with E-state index < -0.39 is 6.04 Å². The molecule has 0 bridgehead atoms. The summed E-state index contributed by atoms with van der Waals surface area (Å²) in [6.45, 7) is 1.12. The van der Waals surface area contributed by atoms with Gasteiger partial charge >= 0.3 is 0 Å². The maximum absolute atomic E-state index is 12.4. The summed E-state index contributed by atoms with van der Waals surface area (Å²) < 4.78 is 1.84. The first-order valence-electron chi connectivity index (χ1n) is 7.91. The minimum Gasteiger partial charge on any atom is -0.354 e. The molecule has 2 heterocycles. The smallest absolute Gasteiger partial charge is 0.270 e. The number of carbonyl (C=O) groups excluding carboxylic acids is 2. The van der Waals surface area contributed by atoms with Gasteiger partial charge in [0.15, 0.2) is 0 Å². The highest BCUT2D eigenvalue weighted by Crippen LogP contribution is 2.16. The van der Waals surface area contributed by atoms with E-state index in [1.165, 1.54) is 10.5 Å². The van der Waals surface area contributed by atoms with Crippen LogP contribution in [0.5, 0.6) is 0 Å². The first-order valence-corrected chi connectivity index (χ1v) is 7.91. The molecule has 5 heteroatoms. The molecule has 0 spiro atoms. The van der Waals surface area contributed by atoms with Crippen molar-refractivity contribution in [3.63, 3.8) is 0 Å². The number of aryl methyl sites for hydroxylation is 1. The second-order valence-electron chi connectivity index (χ2n) is 5.86. The molecule has 1 aromatic carbocycles. The Hall–Kier alpha value is -2.56. The van der Waals surface area contributed by atoms with Gasteiger partial charge in [-0.25, -0.2) is 0 Å². The van der Waals surface area contributed by atoms with E-state index in [1.807, 2.05) is 35.0 Å². The van der Waals surface area contributed by atoms with Crippen LogP contribution in [0.15, 0.2) is 48.7 Å². The highest BCUT2D eigenvalue weighted by Gasteiger charge is 2.33. The molecule has 1 unspecified atom stereocenters.